The summed E-state index contributed by atoms with van der Waals surface area (Å²) < 4.78 is 2.90. The Morgan fingerprint density at radius 2 is 2.09 bits per heavy atom. The van der Waals surface area contributed by atoms with Crippen molar-refractivity contribution in [1.29, 1.82) is 0 Å². The van der Waals surface area contributed by atoms with E-state index in [0.717, 1.165) is 36.7 Å². The predicted molar refractivity (Wildman–Crippen MR) is 98.3 cm³/mol. The van der Waals surface area contributed by atoms with E-state index in [1.54, 1.807) is 40.2 Å². The van der Waals surface area contributed by atoms with E-state index in [1.165, 1.54) is 0 Å². The summed E-state index contributed by atoms with van der Waals surface area (Å²) in [5.74, 6) is 1.52. The van der Waals surface area contributed by atoms with Gasteiger partial charge in [0.15, 0.2) is 5.82 Å². The first kappa shape index (κ1) is 15.9. The van der Waals surface area contributed by atoms with Crippen LogP contribution < -0.4 is 0 Å². The van der Waals surface area contributed by atoms with Crippen molar-refractivity contribution in [3.8, 4) is 11.4 Å². The number of thioether (sulfide) groups is 1. The fourth-order valence-corrected chi connectivity index (χ4v) is 4.28. The highest BCUT2D eigenvalue weighted by Gasteiger charge is 2.21. The fourth-order valence-electron chi connectivity index (χ4n) is 1.99. The van der Waals surface area contributed by atoms with Gasteiger partial charge in [0.1, 0.15) is 0 Å². The lowest BCUT2D eigenvalue weighted by Crippen LogP contribution is -2.12. The maximum absolute atomic E-state index is 4.71. The van der Waals surface area contributed by atoms with Gasteiger partial charge in [0.25, 0.3) is 0 Å². The van der Waals surface area contributed by atoms with Crippen LogP contribution in [0.4, 0.5) is 0 Å². The van der Waals surface area contributed by atoms with Crippen LogP contribution in [0.5, 0.6) is 0 Å². The average Bonchev–Trinajstić information content (AvgIpc) is 3.13. The summed E-state index contributed by atoms with van der Waals surface area (Å²) in [5.41, 5.74) is 1.95. The van der Waals surface area contributed by atoms with E-state index in [1.807, 2.05) is 18.2 Å². The number of thiophene rings is 1. The zero-order chi connectivity index (χ0) is 14.2. The van der Waals surface area contributed by atoms with Crippen LogP contribution in [0.2, 0.25) is 0 Å². The van der Waals surface area contributed by atoms with Crippen molar-refractivity contribution >= 4 is 61.7 Å². The van der Waals surface area contributed by atoms with Crippen molar-refractivity contribution in [3.05, 3.63) is 45.3 Å². The smallest absolute Gasteiger partial charge is 0.212 e. The van der Waals surface area contributed by atoms with Crippen molar-refractivity contribution in [1.82, 2.24) is 19.9 Å². The number of fused-ring (bicyclic) bond motifs is 1. The van der Waals surface area contributed by atoms with Gasteiger partial charge in [-0.15, -0.1) is 38.5 Å². The zero-order valence-electron chi connectivity index (χ0n) is 11.0. The molecular formula is C13H9Br2N5S2. The minimum atomic E-state index is 0. The number of rotatable bonds is 2. The molecule has 0 atom stereocenters. The van der Waals surface area contributed by atoms with Gasteiger partial charge in [0.05, 0.1) is 14.4 Å². The van der Waals surface area contributed by atoms with Gasteiger partial charge in [0, 0.05) is 23.7 Å². The minimum Gasteiger partial charge on any atom is -0.264 e. The Morgan fingerprint density at radius 3 is 2.82 bits per heavy atom. The molecule has 0 amide bonds. The monoisotopic (exact) mass is 457 g/mol. The van der Waals surface area contributed by atoms with Crippen LogP contribution in [0.25, 0.3) is 11.4 Å². The zero-order valence-corrected chi connectivity index (χ0v) is 15.9. The Kier molecular flexibility index (Phi) is 4.76. The van der Waals surface area contributed by atoms with E-state index in [2.05, 4.69) is 37.2 Å². The van der Waals surface area contributed by atoms with Crippen molar-refractivity contribution in [2.45, 2.75) is 5.16 Å². The lowest BCUT2D eigenvalue weighted by molar-refractivity contribution is 0.762. The number of aromatic nitrogens is 4. The molecular weight excluding hydrogens is 450 g/mol. The van der Waals surface area contributed by atoms with E-state index in [0.29, 0.717) is 0 Å². The number of hydrogen-bond donors (Lipinski definition) is 0. The van der Waals surface area contributed by atoms with E-state index in [-0.39, 0.29) is 17.0 Å². The summed E-state index contributed by atoms with van der Waals surface area (Å²) in [5, 5.41) is 14.0. The topological polar surface area (TPSA) is 56.0 Å². The number of pyridine rings is 1. The van der Waals surface area contributed by atoms with Gasteiger partial charge in [-0.3, -0.25) is 4.98 Å². The molecule has 4 rings (SSSR count). The highest BCUT2D eigenvalue weighted by Crippen LogP contribution is 2.30. The molecule has 0 fully saturated rings. The third-order valence-corrected chi connectivity index (χ3v) is 5.55. The third kappa shape index (κ3) is 2.90. The first-order valence-electron chi connectivity index (χ1n) is 6.13. The van der Waals surface area contributed by atoms with Crippen LogP contribution in [-0.4, -0.2) is 31.3 Å². The second-order valence-corrected chi connectivity index (χ2v) is 7.70. The quantitative estimate of drug-likeness (QED) is 0.580. The molecule has 0 saturated carbocycles. The Bertz CT molecular complexity index is 828. The van der Waals surface area contributed by atoms with Crippen molar-refractivity contribution in [2.75, 3.05) is 5.75 Å². The molecule has 112 valence electrons. The Hall–Kier alpha value is -1.03. The van der Waals surface area contributed by atoms with Gasteiger partial charge in [-0.2, -0.15) is 9.78 Å². The standard InChI is InChI=1S/C13H8BrN5S2.BrH/c14-11-4-3-10(21-11)9-7-20-13-17-16-12(19(13)18-9)8-2-1-5-15-6-8;/h1-6H,7H2;1H. The Balaban J connectivity index is 0.00000144. The maximum Gasteiger partial charge on any atom is 0.212 e. The van der Waals surface area contributed by atoms with Gasteiger partial charge in [0.2, 0.25) is 5.16 Å². The first-order chi connectivity index (χ1) is 10.3. The van der Waals surface area contributed by atoms with E-state index in [9.17, 15) is 0 Å². The third-order valence-electron chi connectivity index (χ3n) is 2.95. The highest BCUT2D eigenvalue weighted by atomic mass is 79.9. The molecule has 0 radical (unpaired) electrons. The second-order valence-electron chi connectivity index (χ2n) is 4.30. The molecule has 22 heavy (non-hydrogen) atoms. The SMILES string of the molecule is Br.Brc1ccc(C2=Nn3c(nnc3-c3cccnc3)SC2)s1. The van der Waals surface area contributed by atoms with E-state index in [4.69, 9.17) is 5.10 Å². The first-order valence-corrected chi connectivity index (χ1v) is 8.73. The Labute approximate surface area is 153 Å². The predicted octanol–water partition coefficient (Wildman–Crippen LogP) is 4.10. The summed E-state index contributed by atoms with van der Waals surface area (Å²) in [4.78, 5) is 5.29. The van der Waals surface area contributed by atoms with Crippen LogP contribution in [-0.2, 0) is 0 Å². The molecule has 0 bridgehead atoms. The van der Waals surface area contributed by atoms with Crippen molar-refractivity contribution < 1.29 is 0 Å². The molecule has 3 aromatic rings. The maximum atomic E-state index is 4.71. The van der Waals surface area contributed by atoms with Crippen molar-refractivity contribution in [2.24, 2.45) is 5.10 Å². The lowest BCUT2D eigenvalue weighted by atomic mass is 10.3. The molecule has 0 N–H and O–H groups in total. The van der Waals surface area contributed by atoms with E-state index >= 15 is 0 Å². The van der Waals surface area contributed by atoms with Gasteiger partial charge in [-0.05, 0) is 40.2 Å². The molecule has 5 nitrogen and oxygen atoms in total. The van der Waals surface area contributed by atoms with Gasteiger partial charge < -0.3 is 0 Å². The second kappa shape index (κ2) is 6.61. The summed E-state index contributed by atoms with van der Waals surface area (Å²) in [6.45, 7) is 0. The molecule has 1 aliphatic heterocycles. The molecule has 0 saturated heterocycles. The number of hydrogen-bond acceptors (Lipinski definition) is 6. The van der Waals surface area contributed by atoms with Gasteiger partial charge in [-0.1, -0.05) is 11.8 Å². The average molecular weight is 459 g/mol. The lowest BCUT2D eigenvalue weighted by Gasteiger charge is -2.12. The summed E-state index contributed by atoms with van der Waals surface area (Å²) >= 11 is 6.82. The summed E-state index contributed by atoms with van der Waals surface area (Å²) in [6, 6.07) is 7.96. The summed E-state index contributed by atoms with van der Waals surface area (Å²) in [7, 11) is 0. The molecule has 3 aromatic heterocycles. The molecule has 0 unspecified atom stereocenters. The van der Waals surface area contributed by atoms with Crippen molar-refractivity contribution in [3.63, 3.8) is 0 Å². The largest absolute Gasteiger partial charge is 0.264 e. The molecule has 9 heteroatoms. The van der Waals surface area contributed by atoms with Gasteiger partial charge >= 0.3 is 0 Å². The Morgan fingerprint density at radius 1 is 1.18 bits per heavy atom. The van der Waals surface area contributed by atoms with Crippen LogP contribution >= 0.6 is 56.0 Å². The van der Waals surface area contributed by atoms with E-state index < -0.39 is 0 Å². The number of nitrogens with zero attached hydrogens (tertiary/aromatic N) is 5. The summed E-state index contributed by atoms with van der Waals surface area (Å²) in [6.07, 6.45) is 3.51. The molecule has 0 aliphatic carbocycles. The molecule has 0 aromatic carbocycles. The van der Waals surface area contributed by atoms with Gasteiger partial charge in [-0.25, -0.2) is 0 Å². The normalized spacial score (nSPS) is 13.2. The van der Waals surface area contributed by atoms with Crippen LogP contribution in [0.3, 0.4) is 0 Å². The molecule has 4 heterocycles. The van der Waals surface area contributed by atoms with Crippen LogP contribution in [0, 0.1) is 0 Å². The van der Waals surface area contributed by atoms with Crippen LogP contribution in [0.15, 0.2) is 50.7 Å². The fraction of sp³-hybridized carbons (Fsp3) is 0.0769. The highest BCUT2D eigenvalue weighted by molar-refractivity contribution is 9.11. The molecule has 0 spiro atoms. The molecule has 1 aliphatic rings. The minimum absolute atomic E-state index is 0. The number of halogens is 2. The van der Waals surface area contributed by atoms with Crippen LogP contribution in [0.1, 0.15) is 4.88 Å².